The normalized spacial score (nSPS) is 14.4. The van der Waals surface area contributed by atoms with Crippen LogP contribution in [0, 0.1) is 0 Å². The number of rotatable bonds is 10. The number of carboxylic acids is 2. The minimum absolute atomic E-state index is 0.138. The van der Waals surface area contributed by atoms with Crippen molar-refractivity contribution in [3.05, 3.63) is 0 Å². The van der Waals surface area contributed by atoms with Gasteiger partial charge in [0.25, 0.3) is 0 Å². The largest absolute Gasteiger partial charge is 0.480 e. The molecule has 0 radical (unpaired) electrons. The summed E-state index contributed by atoms with van der Waals surface area (Å²) in [6.07, 6.45) is -0.365. The third kappa shape index (κ3) is 7.84. The fraction of sp³-hybridized carbons (Fsp3) is 0.667. The van der Waals surface area contributed by atoms with Gasteiger partial charge in [-0.25, -0.2) is 0 Å². The highest BCUT2D eigenvalue weighted by atomic mass is 32.1. The number of hydrogen-bond donors (Lipinski definition) is 6. The highest BCUT2D eigenvalue weighted by molar-refractivity contribution is 7.81. The van der Waals surface area contributed by atoms with Crippen LogP contribution in [0.2, 0.25) is 1.41 Å². The molecule has 0 aliphatic carbocycles. The smallest absolute Gasteiger partial charge is 0.322 e. The maximum Gasteiger partial charge on any atom is 0.322 e. The molecule has 0 aromatic carbocycles. The van der Waals surface area contributed by atoms with Crippen LogP contribution in [0.5, 0.6) is 0 Å². The van der Waals surface area contributed by atoms with Crippen molar-refractivity contribution in [3.63, 3.8) is 0 Å². The number of thiol groups is 1. The van der Waals surface area contributed by atoms with Crippen LogP contribution in [0.25, 0.3) is 0 Å². The van der Waals surface area contributed by atoms with Crippen molar-refractivity contribution in [1.29, 1.82) is 0 Å². The molecule has 0 saturated carbocycles. The summed E-state index contributed by atoms with van der Waals surface area (Å²) in [5.41, 5.74) is 1.81. The van der Waals surface area contributed by atoms with Crippen molar-refractivity contribution >= 4 is 36.4 Å². The monoisotopic (exact) mass is 336 g/mol. The number of amides is 2. The van der Waals surface area contributed by atoms with Crippen LogP contribution in [-0.2, 0) is 19.2 Å². The molecule has 0 rings (SSSR count). The summed E-state index contributed by atoms with van der Waals surface area (Å²) < 4.78 is 5.87. The number of nitrogens with one attached hydrogen (secondary N) is 2. The quantitative estimate of drug-likeness (QED) is 0.267. The third-order valence-electron chi connectivity index (χ3n) is 2.65. The molecular formula is C12H21N3O6S. The van der Waals surface area contributed by atoms with E-state index in [4.69, 9.17) is 11.6 Å². The number of carbonyl (C=O) groups is 4. The molecule has 10 heteroatoms. The minimum Gasteiger partial charge on any atom is -0.480 e. The second kappa shape index (κ2) is 8.59. The molecule has 0 saturated heterocycles. The number of carbonyl (C=O) groups excluding carboxylic acids is 2. The molecule has 0 unspecified atom stereocenters. The summed E-state index contributed by atoms with van der Waals surface area (Å²) >= 11 is 4.21. The molecule has 0 heterocycles. The molecule has 2 atom stereocenters. The van der Waals surface area contributed by atoms with Crippen LogP contribution >= 0.6 is 12.6 Å². The number of carboxylic acid groups (broad SMARTS) is 2. The maximum absolute atomic E-state index is 12.0. The Labute approximate surface area is 134 Å². The van der Waals surface area contributed by atoms with E-state index in [-0.39, 0.29) is 12.8 Å². The van der Waals surface area contributed by atoms with Crippen LogP contribution in [0.4, 0.5) is 0 Å². The predicted molar refractivity (Wildman–Crippen MR) is 80.5 cm³/mol. The van der Waals surface area contributed by atoms with E-state index in [0.717, 1.165) is 0 Å². The Morgan fingerprint density at radius 3 is 2.32 bits per heavy atom. The Morgan fingerprint density at radius 2 is 1.91 bits per heavy atom. The second-order valence-electron chi connectivity index (χ2n) is 5.20. The minimum atomic E-state index is -1.27. The zero-order valence-electron chi connectivity index (χ0n) is 13.3. The van der Waals surface area contributed by atoms with Gasteiger partial charge in [-0.15, -0.1) is 0 Å². The molecule has 0 fully saturated rings. The van der Waals surface area contributed by atoms with E-state index in [1.54, 1.807) is 19.6 Å². The predicted octanol–water partition coefficient (Wildman–Crippen LogP) is -1.43. The fourth-order valence-corrected chi connectivity index (χ4v) is 1.64. The molecule has 0 aromatic heterocycles. The number of aliphatic carboxylic acids is 2. The van der Waals surface area contributed by atoms with Crippen molar-refractivity contribution in [2.75, 3.05) is 6.54 Å². The summed E-state index contributed by atoms with van der Waals surface area (Å²) in [4.78, 5) is 45.0. The van der Waals surface area contributed by atoms with Gasteiger partial charge < -0.3 is 26.6 Å². The molecule has 9 nitrogen and oxygen atoms in total. The highest BCUT2D eigenvalue weighted by Gasteiger charge is 2.33. The Morgan fingerprint density at radius 1 is 1.32 bits per heavy atom. The van der Waals surface area contributed by atoms with E-state index < -0.39 is 47.1 Å². The van der Waals surface area contributed by atoms with E-state index in [1.807, 2.05) is 0 Å². The zero-order valence-corrected chi connectivity index (χ0v) is 13.1. The summed E-state index contributed by atoms with van der Waals surface area (Å²) in [7, 11) is 0. The number of hydrogen-bond acceptors (Lipinski definition) is 6. The summed E-state index contributed by atoms with van der Waals surface area (Å²) in [5.74, 6) is -3.82. The fourth-order valence-electron chi connectivity index (χ4n) is 1.46. The van der Waals surface area contributed by atoms with Gasteiger partial charge in [0.1, 0.15) is 20.0 Å². The topological polar surface area (TPSA) is 159 Å². The Hall–Kier alpha value is -1.81. The van der Waals surface area contributed by atoms with Gasteiger partial charge in [0.15, 0.2) is 0 Å². The van der Waals surface area contributed by atoms with Crippen LogP contribution < -0.4 is 16.4 Å². The van der Waals surface area contributed by atoms with E-state index in [2.05, 4.69) is 23.3 Å². The molecule has 0 aliphatic heterocycles. The Kier molecular flexibility index (Phi) is 7.12. The molecule has 0 aromatic rings. The standard InChI is InChI=1S/C12H21N3O6S/c1-12(2,22)9(10(19)14-5-8(17)18)15-7(16)4-3-6(13)11(20)21/h6,9,22H,3-5,13H2,1-2H3,(H,14,19)(H,15,16)(H,17,18)(H,20,21)/t6-,9+/m0/s1/i/hD. The first-order chi connectivity index (χ1) is 10.5. The van der Waals surface area contributed by atoms with Crippen LogP contribution in [0.3, 0.4) is 0 Å². The van der Waals surface area contributed by atoms with Crippen LogP contribution in [0.1, 0.15) is 26.7 Å². The van der Waals surface area contributed by atoms with Gasteiger partial charge in [-0.3, -0.25) is 19.2 Å². The average molecular weight is 336 g/mol. The van der Waals surface area contributed by atoms with Crippen molar-refractivity contribution in [2.24, 2.45) is 5.73 Å². The lowest BCUT2D eigenvalue weighted by Gasteiger charge is -2.29. The van der Waals surface area contributed by atoms with Gasteiger partial charge >= 0.3 is 11.9 Å². The van der Waals surface area contributed by atoms with E-state index >= 15 is 0 Å². The van der Waals surface area contributed by atoms with Gasteiger partial charge in [-0.1, -0.05) is 0 Å². The van der Waals surface area contributed by atoms with Gasteiger partial charge in [0.05, 0.1) is 0 Å². The van der Waals surface area contributed by atoms with Crippen LogP contribution in [0.15, 0.2) is 0 Å². The van der Waals surface area contributed by atoms with Crippen molar-refractivity contribution in [2.45, 2.75) is 43.5 Å². The third-order valence-corrected chi connectivity index (χ3v) is 2.90. The van der Waals surface area contributed by atoms with E-state index in [9.17, 15) is 19.2 Å². The van der Waals surface area contributed by atoms with E-state index in [1.165, 1.54) is 0 Å². The van der Waals surface area contributed by atoms with Crippen molar-refractivity contribution in [3.8, 4) is 0 Å². The lowest BCUT2D eigenvalue weighted by molar-refractivity contribution is -0.139. The molecule has 0 aliphatic rings. The molecule has 2 amide bonds. The second-order valence-corrected chi connectivity index (χ2v) is 6.35. The first-order valence-corrected chi connectivity index (χ1v) is 6.85. The van der Waals surface area contributed by atoms with E-state index in [0.29, 0.717) is 0 Å². The van der Waals surface area contributed by atoms with Gasteiger partial charge in [0.2, 0.25) is 11.8 Å². The zero-order chi connectivity index (χ0) is 18.2. The first-order valence-electron chi connectivity index (χ1n) is 6.90. The lowest BCUT2D eigenvalue weighted by Crippen LogP contribution is -2.56. The summed E-state index contributed by atoms with van der Waals surface area (Å²) in [6, 6.07) is -2.31. The van der Waals surface area contributed by atoms with Crippen LogP contribution in [-0.4, -0.2) is 57.3 Å². The lowest BCUT2D eigenvalue weighted by atomic mass is 10.0. The van der Waals surface area contributed by atoms with Crippen molar-refractivity contribution in [1.82, 2.24) is 10.6 Å². The molecule has 22 heavy (non-hydrogen) atoms. The maximum atomic E-state index is 12.0. The van der Waals surface area contributed by atoms with Gasteiger partial charge in [-0.2, -0.15) is 12.6 Å². The SMILES string of the molecule is [2H]N[C@@H](CCC(=O)N[C@H](C(=O)NCC(=O)O)C(C)(C)S)C(=O)O. The summed E-state index contributed by atoms with van der Waals surface area (Å²) in [5, 5.41) is 21.9. The molecule has 0 spiro atoms. The molecule has 6 N–H and O–H groups in total. The van der Waals surface area contributed by atoms with Gasteiger partial charge in [-0.05, 0) is 20.3 Å². The Bertz CT molecular complexity index is 468. The molecule has 0 bridgehead atoms. The first kappa shape index (κ1) is 18.2. The highest BCUT2D eigenvalue weighted by Crippen LogP contribution is 2.18. The molecular weight excluding hydrogens is 314 g/mol. The van der Waals surface area contributed by atoms with Gasteiger partial charge in [0, 0.05) is 11.2 Å². The number of nitrogens with two attached hydrogens (primary N) is 1. The average Bonchev–Trinajstić information content (AvgIpc) is 2.41. The summed E-state index contributed by atoms with van der Waals surface area (Å²) in [6.45, 7) is 2.53. The Balaban J connectivity index is 4.71. The molecule has 126 valence electrons. The van der Waals surface area contributed by atoms with Crippen molar-refractivity contribution < 1.29 is 30.8 Å².